The molecule has 0 amide bonds. The summed E-state index contributed by atoms with van der Waals surface area (Å²) >= 11 is 0. The third-order valence-corrected chi connectivity index (χ3v) is 2.25. The average molecular weight is 186 g/mol. The van der Waals surface area contributed by atoms with E-state index in [4.69, 9.17) is 4.74 Å². The smallest absolute Gasteiger partial charge is 0.129 e. The van der Waals surface area contributed by atoms with Crippen molar-refractivity contribution in [2.24, 2.45) is 0 Å². The fourth-order valence-electron chi connectivity index (χ4n) is 1.45. The fourth-order valence-corrected chi connectivity index (χ4v) is 1.45. The number of carbonyl (C=O) groups excluding carboxylic acids is 1. The first kappa shape index (κ1) is 12.6. The highest BCUT2D eigenvalue weighted by molar-refractivity contribution is 5.75. The first-order valence-electron chi connectivity index (χ1n) is 5.23. The molecule has 0 aromatic rings. The summed E-state index contributed by atoms with van der Waals surface area (Å²) in [6.45, 7) is 3.82. The fraction of sp³-hybridized carbons (Fsp3) is 0.909. The first-order valence-corrected chi connectivity index (χ1v) is 5.23. The van der Waals surface area contributed by atoms with Gasteiger partial charge in [0.15, 0.2) is 0 Å². The van der Waals surface area contributed by atoms with Crippen LogP contribution in [-0.4, -0.2) is 19.0 Å². The minimum absolute atomic E-state index is 0.296. The van der Waals surface area contributed by atoms with Crippen LogP contribution in [0.15, 0.2) is 0 Å². The molecule has 0 radical (unpaired) electrons. The Bertz CT molecular complexity index is 132. The highest BCUT2D eigenvalue weighted by Gasteiger charge is 2.05. The number of hydrogen-bond donors (Lipinski definition) is 0. The van der Waals surface area contributed by atoms with Crippen molar-refractivity contribution in [3.63, 3.8) is 0 Å². The molecule has 0 saturated carbocycles. The van der Waals surface area contributed by atoms with Gasteiger partial charge in [-0.05, 0) is 26.2 Å². The molecule has 0 spiro atoms. The Morgan fingerprint density at radius 2 is 2.00 bits per heavy atom. The lowest BCUT2D eigenvalue weighted by Gasteiger charge is -2.13. The summed E-state index contributed by atoms with van der Waals surface area (Å²) in [7, 11) is 1.77. The van der Waals surface area contributed by atoms with Crippen LogP contribution in [0.3, 0.4) is 0 Å². The van der Waals surface area contributed by atoms with Crippen LogP contribution in [0, 0.1) is 0 Å². The van der Waals surface area contributed by atoms with E-state index in [1.54, 1.807) is 14.0 Å². The predicted octanol–water partition coefficient (Wildman–Crippen LogP) is 2.95. The van der Waals surface area contributed by atoms with Gasteiger partial charge in [-0.2, -0.15) is 0 Å². The number of rotatable bonds is 8. The summed E-state index contributed by atoms with van der Waals surface area (Å²) in [5.41, 5.74) is 0. The van der Waals surface area contributed by atoms with E-state index in [2.05, 4.69) is 6.92 Å². The van der Waals surface area contributed by atoms with Crippen LogP contribution in [0.1, 0.15) is 52.4 Å². The summed E-state index contributed by atoms with van der Waals surface area (Å²) in [5, 5.41) is 0. The summed E-state index contributed by atoms with van der Waals surface area (Å²) in [6.07, 6.45) is 6.65. The molecule has 0 aliphatic rings. The highest BCUT2D eigenvalue weighted by Crippen LogP contribution is 2.11. The van der Waals surface area contributed by atoms with Gasteiger partial charge in [0.2, 0.25) is 0 Å². The number of carbonyl (C=O) groups is 1. The summed E-state index contributed by atoms with van der Waals surface area (Å²) < 4.78 is 5.31. The van der Waals surface area contributed by atoms with Crippen LogP contribution in [0.5, 0.6) is 0 Å². The topological polar surface area (TPSA) is 26.3 Å². The number of unbranched alkanes of at least 4 members (excludes halogenated alkanes) is 1. The molecule has 0 bridgehead atoms. The Balaban J connectivity index is 3.32. The summed E-state index contributed by atoms with van der Waals surface area (Å²) in [6, 6.07) is 0. The number of methoxy groups -OCH3 is 1. The van der Waals surface area contributed by atoms with Gasteiger partial charge in [0.05, 0.1) is 6.10 Å². The monoisotopic (exact) mass is 186 g/mol. The van der Waals surface area contributed by atoms with Crippen LogP contribution in [0.25, 0.3) is 0 Å². The Morgan fingerprint density at radius 3 is 2.46 bits per heavy atom. The minimum Gasteiger partial charge on any atom is -0.381 e. The van der Waals surface area contributed by atoms with E-state index in [1.807, 2.05) is 0 Å². The van der Waals surface area contributed by atoms with Gasteiger partial charge in [0.25, 0.3) is 0 Å². The van der Waals surface area contributed by atoms with Crippen LogP contribution in [-0.2, 0) is 9.53 Å². The van der Waals surface area contributed by atoms with Gasteiger partial charge in [-0.25, -0.2) is 0 Å². The number of hydrogen-bond acceptors (Lipinski definition) is 2. The summed E-state index contributed by atoms with van der Waals surface area (Å²) in [4.78, 5) is 10.7. The van der Waals surface area contributed by atoms with Crippen molar-refractivity contribution in [3.05, 3.63) is 0 Å². The number of ketones is 1. The lowest BCUT2D eigenvalue weighted by atomic mass is 10.1. The maximum atomic E-state index is 10.7. The van der Waals surface area contributed by atoms with Crippen molar-refractivity contribution in [3.8, 4) is 0 Å². The van der Waals surface area contributed by atoms with E-state index in [9.17, 15) is 4.79 Å². The Hall–Kier alpha value is -0.370. The van der Waals surface area contributed by atoms with Crippen LogP contribution in [0.4, 0.5) is 0 Å². The lowest BCUT2D eigenvalue weighted by Crippen LogP contribution is -2.09. The Kier molecular flexibility index (Phi) is 8.00. The van der Waals surface area contributed by atoms with Gasteiger partial charge < -0.3 is 9.53 Å². The molecule has 0 fully saturated rings. The second kappa shape index (κ2) is 8.24. The molecule has 2 nitrogen and oxygen atoms in total. The normalized spacial score (nSPS) is 12.8. The number of ether oxygens (including phenoxy) is 1. The minimum atomic E-state index is 0.296. The second-order valence-corrected chi connectivity index (χ2v) is 3.59. The van der Waals surface area contributed by atoms with Gasteiger partial charge in [-0.15, -0.1) is 0 Å². The maximum Gasteiger partial charge on any atom is 0.129 e. The van der Waals surface area contributed by atoms with E-state index >= 15 is 0 Å². The molecule has 0 saturated heterocycles. The zero-order valence-electron chi connectivity index (χ0n) is 9.14. The molecule has 1 atom stereocenters. The molecule has 0 aromatic heterocycles. The summed E-state index contributed by atoms with van der Waals surface area (Å²) in [5.74, 6) is 0.296. The van der Waals surface area contributed by atoms with Crippen LogP contribution < -0.4 is 0 Å². The quantitative estimate of drug-likeness (QED) is 0.545. The predicted molar refractivity (Wildman–Crippen MR) is 54.9 cm³/mol. The van der Waals surface area contributed by atoms with Gasteiger partial charge in [0.1, 0.15) is 5.78 Å². The maximum absolute atomic E-state index is 10.7. The number of Topliss-reactive ketones (excluding diaryl/α,β-unsaturated/α-hetero) is 1. The lowest BCUT2D eigenvalue weighted by molar-refractivity contribution is -0.117. The molecule has 2 heteroatoms. The van der Waals surface area contributed by atoms with E-state index < -0.39 is 0 Å². The highest BCUT2D eigenvalue weighted by atomic mass is 16.5. The van der Waals surface area contributed by atoms with Gasteiger partial charge in [-0.3, -0.25) is 0 Å². The molecule has 1 unspecified atom stereocenters. The zero-order chi connectivity index (χ0) is 10.1. The molecule has 0 N–H and O–H groups in total. The van der Waals surface area contributed by atoms with Crippen molar-refractivity contribution in [2.75, 3.05) is 7.11 Å². The van der Waals surface area contributed by atoms with E-state index in [-0.39, 0.29) is 0 Å². The SMILES string of the molecule is CCCC(CCCCC(C)=O)OC. The third kappa shape index (κ3) is 7.97. The standard InChI is InChI=1S/C11H22O2/c1-4-7-11(13-3)9-6-5-8-10(2)12/h11H,4-9H2,1-3H3. The molecular formula is C11H22O2. The van der Waals surface area contributed by atoms with Gasteiger partial charge in [-0.1, -0.05) is 19.8 Å². The van der Waals surface area contributed by atoms with E-state index in [0.717, 1.165) is 32.1 Å². The third-order valence-electron chi connectivity index (χ3n) is 2.25. The molecular weight excluding hydrogens is 164 g/mol. The van der Waals surface area contributed by atoms with Gasteiger partial charge in [0, 0.05) is 13.5 Å². The van der Waals surface area contributed by atoms with Crippen molar-refractivity contribution < 1.29 is 9.53 Å². The molecule has 78 valence electrons. The molecule has 0 rings (SSSR count). The molecule has 0 aromatic carbocycles. The second-order valence-electron chi connectivity index (χ2n) is 3.59. The van der Waals surface area contributed by atoms with E-state index in [1.165, 1.54) is 6.42 Å². The largest absolute Gasteiger partial charge is 0.381 e. The van der Waals surface area contributed by atoms with Crippen LogP contribution >= 0.6 is 0 Å². The molecule has 0 heterocycles. The van der Waals surface area contributed by atoms with Crippen molar-refractivity contribution in [1.29, 1.82) is 0 Å². The van der Waals surface area contributed by atoms with Crippen LogP contribution in [0.2, 0.25) is 0 Å². The zero-order valence-corrected chi connectivity index (χ0v) is 9.14. The Morgan fingerprint density at radius 1 is 1.31 bits per heavy atom. The first-order chi connectivity index (χ1) is 6.20. The Labute approximate surface area is 81.7 Å². The molecule has 0 aliphatic heterocycles. The van der Waals surface area contributed by atoms with E-state index in [0.29, 0.717) is 11.9 Å². The van der Waals surface area contributed by atoms with Crippen molar-refractivity contribution >= 4 is 5.78 Å². The molecule has 13 heavy (non-hydrogen) atoms. The van der Waals surface area contributed by atoms with Gasteiger partial charge >= 0.3 is 0 Å². The van der Waals surface area contributed by atoms with Crippen molar-refractivity contribution in [1.82, 2.24) is 0 Å². The van der Waals surface area contributed by atoms with Crippen molar-refractivity contribution in [2.45, 2.75) is 58.5 Å². The molecule has 0 aliphatic carbocycles. The average Bonchev–Trinajstić information content (AvgIpc) is 2.10.